The van der Waals surface area contributed by atoms with Gasteiger partial charge in [0, 0.05) is 36.6 Å². The van der Waals surface area contributed by atoms with Gasteiger partial charge in [0.25, 0.3) is 0 Å². The number of carbonyl (C=O) groups is 2. The zero-order valence-corrected chi connectivity index (χ0v) is 45.7. The van der Waals surface area contributed by atoms with Crippen molar-refractivity contribution in [3.63, 3.8) is 0 Å². The SMILES string of the molecule is C=C(C)[C@@H]1CC[C@]2(NC[C@H]([C@@H](C)O[Si](C)(C)C(C)(C)C)N3CCS(=O)(=O)CC3)CC[C@]3(C)[C@H](CC[C@@H]4[C@@]5(C)CC[C@H](OC(=O)CC(C)(C)C(=O)OC(C)(C)C)C(C)(C)[C@@H]5CC[C@]43C)[C@@H]12. The van der Waals surface area contributed by atoms with Crippen molar-refractivity contribution in [2.45, 2.75) is 222 Å². The molecular formula is C53H94N2O7SSi. The molecule has 5 saturated carbocycles. The van der Waals surface area contributed by atoms with Gasteiger partial charge in [0.2, 0.25) is 0 Å². The Bertz CT molecular complexity index is 1870. The van der Waals surface area contributed by atoms with Crippen LogP contribution < -0.4 is 5.32 Å². The molecule has 64 heavy (non-hydrogen) atoms. The van der Waals surface area contributed by atoms with Crippen LogP contribution in [0, 0.1) is 56.7 Å². The molecular weight excluding hydrogens is 837 g/mol. The van der Waals surface area contributed by atoms with Crippen LogP contribution in [0.1, 0.15) is 174 Å². The average Bonchev–Trinajstić information content (AvgIpc) is 3.52. The first kappa shape index (κ1) is 52.1. The van der Waals surface area contributed by atoms with Crippen LogP contribution in [-0.2, 0) is 33.3 Å². The first-order valence-electron chi connectivity index (χ1n) is 25.5. The van der Waals surface area contributed by atoms with Gasteiger partial charge in [-0.2, -0.15) is 0 Å². The second-order valence-corrected chi connectivity index (χ2v) is 34.0. The van der Waals surface area contributed by atoms with E-state index in [0.29, 0.717) is 42.7 Å². The lowest BCUT2D eigenvalue weighted by molar-refractivity contribution is -0.246. The largest absolute Gasteiger partial charge is 0.462 e. The van der Waals surface area contributed by atoms with Gasteiger partial charge in [0.15, 0.2) is 18.2 Å². The summed E-state index contributed by atoms with van der Waals surface area (Å²) in [5, 5.41) is 4.47. The van der Waals surface area contributed by atoms with E-state index >= 15 is 0 Å². The first-order chi connectivity index (χ1) is 29.1. The molecule has 1 heterocycles. The molecule has 0 amide bonds. The van der Waals surface area contributed by atoms with Gasteiger partial charge in [0.1, 0.15) is 11.7 Å². The summed E-state index contributed by atoms with van der Waals surface area (Å²) >= 11 is 0. The summed E-state index contributed by atoms with van der Waals surface area (Å²) in [6, 6.07) is 0.0922. The summed E-state index contributed by atoms with van der Waals surface area (Å²) in [4.78, 5) is 29.1. The zero-order chi connectivity index (χ0) is 48.1. The minimum Gasteiger partial charge on any atom is -0.462 e. The van der Waals surface area contributed by atoms with E-state index in [1.807, 2.05) is 20.8 Å². The standard InChI is InChI=1S/C53H94N2O7SSi/c1-35(2)37-21-26-53(54-34-39(55-29-31-63(58,59)32-30-55)36(3)62-64(17,18)47(7,8)9)28-27-51(15)38(44(37)53)19-20-41-50(14)24-23-42(49(12,13)40(50)22-25-52(41,51)16)60-43(56)33-48(10,11)45(57)61-46(4,5)6/h36-42,44,54H,1,19-34H2,2-18H3/t36-,37+,38-,39-,40+,41-,42+,44-,50+,51-,52-,53+/m1/s1. The number of esters is 2. The maximum Gasteiger partial charge on any atom is 0.312 e. The molecule has 0 aromatic rings. The molecule has 0 radical (unpaired) electrons. The molecule has 12 atom stereocenters. The molecule has 368 valence electrons. The van der Waals surface area contributed by atoms with Crippen LogP contribution in [-0.4, -0.2) is 94.1 Å². The molecule has 0 spiro atoms. The predicted molar refractivity (Wildman–Crippen MR) is 263 cm³/mol. The van der Waals surface area contributed by atoms with Gasteiger partial charge in [-0.1, -0.05) is 67.5 Å². The molecule has 6 aliphatic rings. The summed E-state index contributed by atoms with van der Waals surface area (Å²) in [7, 11) is -5.10. The summed E-state index contributed by atoms with van der Waals surface area (Å²) in [5.74, 6) is 2.35. The van der Waals surface area contributed by atoms with Crippen LogP contribution in [0.3, 0.4) is 0 Å². The maximum atomic E-state index is 13.6. The number of rotatable bonds is 12. The molecule has 9 nitrogen and oxygen atoms in total. The third-order valence-electron chi connectivity index (χ3n) is 20.2. The Kier molecular flexibility index (Phi) is 14.1. The van der Waals surface area contributed by atoms with E-state index in [2.05, 4.69) is 99.1 Å². The molecule has 11 heteroatoms. The predicted octanol–water partition coefficient (Wildman–Crippen LogP) is 11.2. The Morgan fingerprint density at radius 3 is 2.03 bits per heavy atom. The summed E-state index contributed by atoms with van der Waals surface area (Å²) < 4.78 is 44.6. The lowest BCUT2D eigenvalue weighted by atomic mass is 9.32. The molecule has 6 fully saturated rings. The molecule has 6 rings (SSSR count). The van der Waals surface area contributed by atoms with Crippen molar-refractivity contribution in [3.8, 4) is 0 Å². The molecule has 1 aliphatic heterocycles. The number of nitrogens with one attached hydrogen (secondary N) is 1. The minimum absolute atomic E-state index is 0.00648. The van der Waals surface area contributed by atoms with Crippen LogP contribution in [0.4, 0.5) is 0 Å². The van der Waals surface area contributed by atoms with Gasteiger partial charge in [-0.25, -0.2) is 8.42 Å². The Labute approximate surface area is 392 Å². The number of hydrogen-bond acceptors (Lipinski definition) is 9. The Morgan fingerprint density at radius 1 is 0.828 bits per heavy atom. The van der Waals surface area contributed by atoms with E-state index in [1.54, 1.807) is 13.8 Å². The third-order valence-corrected chi connectivity index (χ3v) is 26.3. The molecule has 0 aromatic carbocycles. The zero-order valence-electron chi connectivity index (χ0n) is 43.9. The van der Waals surface area contributed by atoms with Gasteiger partial charge < -0.3 is 19.2 Å². The second-order valence-electron chi connectivity index (χ2n) is 27.0. The van der Waals surface area contributed by atoms with Gasteiger partial charge in [-0.15, -0.1) is 0 Å². The number of hydrogen-bond donors (Lipinski definition) is 1. The van der Waals surface area contributed by atoms with E-state index in [1.165, 1.54) is 37.7 Å². The number of nitrogens with zero attached hydrogens (tertiary/aromatic N) is 1. The molecule has 0 unspecified atom stereocenters. The number of ether oxygens (including phenoxy) is 2. The smallest absolute Gasteiger partial charge is 0.312 e. The monoisotopic (exact) mass is 931 g/mol. The van der Waals surface area contributed by atoms with Crippen molar-refractivity contribution < 1.29 is 31.9 Å². The highest BCUT2D eigenvalue weighted by Gasteiger charge is 2.71. The Morgan fingerprint density at radius 2 is 1.45 bits per heavy atom. The number of carbonyl (C=O) groups excluding carboxylic acids is 2. The van der Waals surface area contributed by atoms with Crippen molar-refractivity contribution in [1.29, 1.82) is 0 Å². The molecule has 1 saturated heterocycles. The van der Waals surface area contributed by atoms with E-state index in [-0.39, 0.29) is 80.4 Å². The fourth-order valence-electron chi connectivity index (χ4n) is 15.4. The van der Waals surface area contributed by atoms with Crippen LogP contribution in [0.15, 0.2) is 12.2 Å². The highest BCUT2D eigenvalue weighted by molar-refractivity contribution is 7.91. The number of sulfone groups is 1. The fraction of sp³-hybridized carbons (Fsp3) is 0.925. The van der Waals surface area contributed by atoms with Gasteiger partial charge in [-0.05, 0) is 177 Å². The van der Waals surface area contributed by atoms with Crippen molar-refractivity contribution in [2.24, 2.45) is 56.7 Å². The number of fused-ring (bicyclic) bond motifs is 7. The molecule has 0 bridgehead atoms. The summed E-state index contributed by atoms with van der Waals surface area (Å²) in [5.41, 5.74) is 0.0557. The highest BCUT2D eigenvalue weighted by Crippen LogP contribution is 2.76. The van der Waals surface area contributed by atoms with E-state index in [9.17, 15) is 18.0 Å². The topological polar surface area (TPSA) is 111 Å². The lowest BCUT2D eigenvalue weighted by Gasteiger charge is -2.73. The van der Waals surface area contributed by atoms with Gasteiger partial charge >= 0.3 is 11.9 Å². The minimum atomic E-state index is -3.01. The molecule has 1 N–H and O–H groups in total. The van der Waals surface area contributed by atoms with Gasteiger partial charge in [-0.3, -0.25) is 14.5 Å². The quantitative estimate of drug-likeness (QED) is 0.116. The average molecular weight is 931 g/mol. The molecule has 5 aliphatic carbocycles. The normalized spacial score (nSPS) is 38.7. The van der Waals surface area contributed by atoms with E-state index in [0.717, 1.165) is 38.6 Å². The Balaban J connectivity index is 1.23. The van der Waals surface area contributed by atoms with E-state index in [4.69, 9.17) is 13.9 Å². The molecule has 0 aromatic heterocycles. The van der Waals surface area contributed by atoms with Crippen LogP contribution >= 0.6 is 0 Å². The lowest BCUT2D eigenvalue weighted by Crippen LogP contribution is -2.69. The van der Waals surface area contributed by atoms with Crippen molar-refractivity contribution in [2.75, 3.05) is 31.1 Å². The highest BCUT2D eigenvalue weighted by atomic mass is 32.2. The van der Waals surface area contributed by atoms with Crippen molar-refractivity contribution in [1.82, 2.24) is 10.2 Å². The first-order valence-corrected chi connectivity index (χ1v) is 30.2. The van der Waals surface area contributed by atoms with Crippen LogP contribution in [0.5, 0.6) is 0 Å². The fourth-order valence-corrected chi connectivity index (χ4v) is 18.0. The number of allylic oxidation sites excluding steroid dienone is 1. The van der Waals surface area contributed by atoms with Crippen LogP contribution in [0.2, 0.25) is 18.1 Å². The van der Waals surface area contributed by atoms with Crippen LogP contribution in [0.25, 0.3) is 0 Å². The summed E-state index contributed by atoms with van der Waals surface area (Å²) in [6.45, 7) is 44.6. The third kappa shape index (κ3) is 9.41. The maximum absolute atomic E-state index is 13.6. The summed E-state index contributed by atoms with van der Waals surface area (Å²) in [6.07, 6.45) is 11.2. The Hall–Kier alpha value is -1.27. The van der Waals surface area contributed by atoms with E-state index < -0.39 is 29.2 Å². The van der Waals surface area contributed by atoms with Crippen molar-refractivity contribution >= 4 is 30.1 Å². The van der Waals surface area contributed by atoms with Gasteiger partial charge in [0.05, 0.1) is 29.4 Å². The van der Waals surface area contributed by atoms with Crippen molar-refractivity contribution in [3.05, 3.63) is 12.2 Å². The second kappa shape index (κ2) is 17.3.